The number of ether oxygens (including phenoxy) is 2. The molecule has 1 saturated heterocycles. The van der Waals surface area contributed by atoms with Crippen LogP contribution in [0.25, 0.3) is 10.4 Å². The van der Waals surface area contributed by atoms with Crippen molar-refractivity contribution in [1.82, 2.24) is 0 Å². The molecule has 1 N–H and O–H groups in total. The zero-order valence-electron chi connectivity index (χ0n) is 10.7. The third-order valence-corrected chi connectivity index (χ3v) is 3.20. The Labute approximate surface area is 111 Å². The van der Waals surface area contributed by atoms with Gasteiger partial charge in [0.1, 0.15) is 6.10 Å². The van der Waals surface area contributed by atoms with Crippen molar-refractivity contribution >= 4 is 0 Å². The van der Waals surface area contributed by atoms with Crippen LogP contribution >= 0.6 is 0 Å². The number of aliphatic hydroxyl groups is 1. The fraction of sp³-hybridized carbons (Fsp3) is 0.538. The van der Waals surface area contributed by atoms with Crippen LogP contribution in [0.15, 0.2) is 35.4 Å². The molecule has 6 heteroatoms. The second kappa shape index (κ2) is 6.54. The number of nitrogens with zero attached hydrogens (tertiary/aromatic N) is 3. The lowest BCUT2D eigenvalue weighted by molar-refractivity contribution is -0.153. The lowest BCUT2D eigenvalue weighted by Crippen LogP contribution is -2.52. The molecule has 0 bridgehead atoms. The molecule has 1 aliphatic heterocycles. The van der Waals surface area contributed by atoms with Gasteiger partial charge in [-0.25, -0.2) is 0 Å². The third kappa shape index (κ3) is 3.45. The average Bonchev–Trinajstić information content (AvgIpc) is 2.43. The van der Waals surface area contributed by atoms with Gasteiger partial charge in [-0.1, -0.05) is 35.4 Å². The highest BCUT2D eigenvalue weighted by atomic mass is 16.5. The molecule has 1 heterocycles. The Morgan fingerprint density at radius 1 is 1.47 bits per heavy atom. The highest BCUT2D eigenvalue weighted by Crippen LogP contribution is 2.22. The van der Waals surface area contributed by atoms with Crippen LogP contribution in [0, 0.1) is 0 Å². The van der Waals surface area contributed by atoms with Gasteiger partial charge >= 0.3 is 0 Å². The van der Waals surface area contributed by atoms with E-state index in [1.165, 1.54) is 0 Å². The molecule has 102 valence electrons. The van der Waals surface area contributed by atoms with E-state index in [0.717, 1.165) is 5.56 Å². The summed E-state index contributed by atoms with van der Waals surface area (Å²) < 4.78 is 11.1. The Kier molecular flexibility index (Phi) is 4.76. The predicted octanol–water partition coefficient (Wildman–Crippen LogP) is 2.03. The van der Waals surface area contributed by atoms with E-state index in [2.05, 4.69) is 10.0 Å². The molecule has 0 aromatic heterocycles. The number of hydrogen-bond acceptors (Lipinski definition) is 4. The minimum atomic E-state index is -0.782. The standard InChI is InChI=1S/C13H17N3O3/c1-9-12(15-16-14)13(11(17)8-18-9)19-7-10-5-3-2-4-6-10/h2-6,9,11-13,17H,7-8H2,1H3/t9-,11-,12-,13-/m1/s1. The Hall–Kier alpha value is -1.59. The first-order chi connectivity index (χ1) is 9.22. The summed E-state index contributed by atoms with van der Waals surface area (Å²) >= 11 is 0. The summed E-state index contributed by atoms with van der Waals surface area (Å²) in [5.74, 6) is 0. The highest BCUT2D eigenvalue weighted by Gasteiger charge is 2.37. The van der Waals surface area contributed by atoms with Crippen LogP contribution < -0.4 is 0 Å². The van der Waals surface area contributed by atoms with Crippen molar-refractivity contribution < 1.29 is 14.6 Å². The van der Waals surface area contributed by atoms with Crippen LogP contribution in [0.3, 0.4) is 0 Å². The van der Waals surface area contributed by atoms with Crippen molar-refractivity contribution in [2.45, 2.75) is 37.9 Å². The number of aliphatic hydroxyl groups excluding tert-OH is 1. The van der Waals surface area contributed by atoms with Gasteiger partial charge in [-0.2, -0.15) is 0 Å². The zero-order valence-corrected chi connectivity index (χ0v) is 10.7. The lowest BCUT2D eigenvalue weighted by Gasteiger charge is -2.36. The number of azide groups is 1. The van der Waals surface area contributed by atoms with Gasteiger partial charge < -0.3 is 14.6 Å². The van der Waals surface area contributed by atoms with Crippen LogP contribution in [0.5, 0.6) is 0 Å². The summed E-state index contributed by atoms with van der Waals surface area (Å²) in [5.41, 5.74) is 9.60. The van der Waals surface area contributed by atoms with Gasteiger partial charge in [-0.15, -0.1) is 0 Å². The SMILES string of the molecule is C[C@H]1OC[C@@H](O)[C@@H](OCc2ccccc2)[C@@H]1N=[N+]=[N-]. The average molecular weight is 263 g/mol. The zero-order chi connectivity index (χ0) is 13.7. The monoisotopic (exact) mass is 263 g/mol. The minimum absolute atomic E-state index is 0.193. The van der Waals surface area contributed by atoms with E-state index in [4.69, 9.17) is 15.0 Å². The van der Waals surface area contributed by atoms with Crippen molar-refractivity contribution in [3.05, 3.63) is 46.3 Å². The van der Waals surface area contributed by atoms with Crippen LogP contribution in [0.4, 0.5) is 0 Å². The molecule has 0 amide bonds. The second-order valence-electron chi connectivity index (χ2n) is 4.56. The molecule has 0 unspecified atom stereocenters. The van der Waals surface area contributed by atoms with E-state index < -0.39 is 18.2 Å². The molecule has 1 fully saturated rings. The van der Waals surface area contributed by atoms with Gasteiger partial charge in [0.05, 0.1) is 31.5 Å². The maximum absolute atomic E-state index is 9.93. The fourth-order valence-corrected chi connectivity index (χ4v) is 2.13. The number of rotatable bonds is 4. The molecule has 0 aliphatic carbocycles. The van der Waals surface area contributed by atoms with Crippen molar-refractivity contribution in [3.8, 4) is 0 Å². The Balaban J connectivity index is 2.04. The van der Waals surface area contributed by atoms with Gasteiger partial charge in [-0.3, -0.25) is 0 Å². The van der Waals surface area contributed by atoms with Crippen LogP contribution in [0.2, 0.25) is 0 Å². The summed E-state index contributed by atoms with van der Waals surface area (Å²) in [6.45, 7) is 2.37. The smallest absolute Gasteiger partial charge is 0.104 e. The van der Waals surface area contributed by atoms with E-state index >= 15 is 0 Å². The Bertz CT molecular complexity index is 448. The quantitative estimate of drug-likeness (QED) is 0.512. The third-order valence-electron chi connectivity index (χ3n) is 3.20. The molecule has 0 radical (unpaired) electrons. The first kappa shape index (κ1) is 13.8. The summed E-state index contributed by atoms with van der Waals surface area (Å²) in [5, 5.41) is 13.6. The molecule has 4 atom stereocenters. The van der Waals surface area contributed by atoms with E-state index in [0.29, 0.717) is 6.61 Å². The van der Waals surface area contributed by atoms with E-state index in [9.17, 15) is 5.11 Å². The predicted molar refractivity (Wildman–Crippen MR) is 69.4 cm³/mol. The van der Waals surface area contributed by atoms with E-state index in [1.807, 2.05) is 37.3 Å². The second-order valence-corrected chi connectivity index (χ2v) is 4.56. The van der Waals surface area contributed by atoms with Crippen molar-refractivity contribution in [1.29, 1.82) is 0 Å². The maximum atomic E-state index is 9.93. The summed E-state index contributed by atoms with van der Waals surface area (Å²) in [4.78, 5) is 2.80. The molecule has 0 saturated carbocycles. The van der Waals surface area contributed by atoms with E-state index in [-0.39, 0.29) is 12.7 Å². The number of benzene rings is 1. The number of hydrogen-bond donors (Lipinski definition) is 1. The van der Waals surface area contributed by atoms with E-state index in [1.54, 1.807) is 0 Å². The Morgan fingerprint density at radius 3 is 2.89 bits per heavy atom. The molecule has 19 heavy (non-hydrogen) atoms. The fourth-order valence-electron chi connectivity index (χ4n) is 2.13. The topological polar surface area (TPSA) is 87.5 Å². The van der Waals surface area contributed by atoms with Gasteiger partial charge in [0, 0.05) is 4.91 Å². The molecule has 1 aromatic carbocycles. The summed E-state index contributed by atoms with van der Waals surface area (Å²) in [6, 6.07) is 9.14. The van der Waals surface area contributed by atoms with Gasteiger partial charge in [0.15, 0.2) is 0 Å². The van der Waals surface area contributed by atoms with Crippen molar-refractivity contribution in [3.63, 3.8) is 0 Å². The molecular formula is C13H17N3O3. The first-order valence-electron chi connectivity index (χ1n) is 6.21. The minimum Gasteiger partial charge on any atom is -0.388 e. The molecular weight excluding hydrogens is 246 g/mol. The molecule has 6 nitrogen and oxygen atoms in total. The first-order valence-corrected chi connectivity index (χ1v) is 6.21. The highest BCUT2D eigenvalue weighted by molar-refractivity contribution is 5.13. The molecule has 1 aliphatic rings. The Morgan fingerprint density at radius 2 is 2.21 bits per heavy atom. The van der Waals surface area contributed by atoms with Crippen LogP contribution in [0.1, 0.15) is 12.5 Å². The lowest BCUT2D eigenvalue weighted by atomic mass is 9.99. The van der Waals surface area contributed by atoms with Crippen LogP contribution in [-0.2, 0) is 16.1 Å². The largest absolute Gasteiger partial charge is 0.388 e. The maximum Gasteiger partial charge on any atom is 0.104 e. The van der Waals surface area contributed by atoms with Gasteiger partial charge in [-0.05, 0) is 18.0 Å². The molecule has 0 spiro atoms. The molecule has 2 rings (SSSR count). The van der Waals surface area contributed by atoms with Crippen molar-refractivity contribution in [2.75, 3.05) is 6.61 Å². The summed E-state index contributed by atoms with van der Waals surface area (Å²) in [7, 11) is 0. The summed E-state index contributed by atoms with van der Waals surface area (Å²) in [6.07, 6.45) is -1.59. The van der Waals surface area contributed by atoms with Crippen molar-refractivity contribution in [2.24, 2.45) is 5.11 Å². The van der Waals surface area contributed by atoms with Gasteiger partial charge in [0.25, 0.3) is 0 Å². The van der Waals surface area contributed by atoms with Crippen LogP contribution in [-0.4, -0.2) is 36.1 Å². The normalized spacial score (nSPS) is 30.6. The molecule has 1 aromatic rings. The van der Waals surface area contributed by atoms with Gasteiger partial charge in [0.2, 0.25) is 0 Å².